The Morgan fingerprint density at radius 2 is 1.64 bits per heavy atom. The van der Waals surface area contributed by atoms with Gasteiger partial charge in [0.05, 0.1) is 16.8 Å². The second-order valence-corrected chi connectivity index (χ2v) is 5.89. The summed E-state index contributed by atoms with van der Waals surface area (Å²) in [5.74, 6) is 1.08. The molecule has 0 amide bonds. The molecule has 0 spiro atoms. The van der Waals surface area contributed by atoms with Crippen LogP contribution in [-0.4, -0.2) is 36.0 Å². The van der Waals surface area contributed by atoms with Crippen molar-refractivity contribution in [3.05, 3.63) is 64.2 Å². The average molecular weight is 381 g/mol. The molecule has 0 unspecified atom stereocenters. The summed E-state index contributed by atoms with van der Waals surface area (Å²) in [7, 11) is 0. The largest absolute Gasteiger partial charge is 0.369 e. The summed E-state index contributed by atoms with van der Waals surface area (Å²) >= 11 is 11.6. The van der Waals surface area contributed by atoms with Crippen molar-refractivity contribution in [3.8, 4) is 0 Å². The molecule has 0 aliphatic carbocycles. The molecule has 1 N–H and O–H groups in total. The Bertz CT molecular complexity index is 700. The molecule has 2 rings (SSSR count). The van der Waals surface area contributed by atoms with Gasteiger partial charge in [-0.3, -0.25) is 15.5 Å². The van der Waals surface area contributed by atoms with Crippen LogP contribution in [0.15, 0.2) is 53.6 Å². The summed E-state index contributed by atoms with van der Waals surface area (Å²) in [6.45, 7) is 1.48. The normalized spacial score (nSPS) is 10.8. The summed E-state index contributed by atoms with van der Waals surface area (Å²) in [6, 6.07) is 13.9. The minimum Gasteiger partial charge on any atom is -0.369 e. The third-order valence-electron chi connectivity index (χ3n) is 3.45. The van der Waals surface area contributed by atoms with Gasteiger partial charge in [0.15, 0.2) is 0 Å². The summed E-state index contributed by atoms with van der Waals surface area (Å²) < 4.78 is 0. The maximum atomic E-state index is 10.6. The van der Waals surface area contributed by atoms with E-state index in [2.05, 4.69) is 15.4 Å². The van der Waals surface area contributed by atoms with Gasteiger partial charge in [-0.05, 0) is 29.8 Å². The summed E-state index contributed by atoms with van der Waals surface area (Å²) in [4.78, 5) is 12.3. The van der Waals surface area contributed by atoms with E-state index >= 15 is 0 Å². The van der Waals surface area contributed by atoms with E-state index < -0.39 is 4.92 Å². The first-order valence-corrected chi connectivity index (χ1v) is 8.71. The van der Waals surface area contributed by atoms with Crippen LogP contribution in [0.4, 0.5) is 17.1 Å². The lowest BCUT2D eigenvalue weighted by Crippen LogP contribution is -2.27. The number of hydrogen-bond acceptors (Lipinski definition) is 5. The number of benzene rings is 2. The number of hydrogen-bond donors (Lipinski definition) is 1. The number of anilines is 2. The third-order valence-corrected chi connectivity index (χ3v) is 3.79. The highest BCUT2D eigenvalue weighted by molar-refractivity contribution is 6.18. The fraction of sp³-hybridized carbons (Fsp3) is 0.235. The number of nitrogens with one attached hydrogen (secondary N) is 1. The Labute approximate surface area is 156 Å². The summed E-state index contributed by atoms with van der Waals surface area (Å²) in [5.41, 5.74) is 5.54. The van der Waals surface area contributed by atoms with Crippen LogP contribution in [0, 0.1) is 10.1 Å². The van der Waals surface area contributed by atoms with Gasteiger partial charge in [-0.2, -0.15) is 5.10 Å². The Morgan fingerprint density at radius 3 is 2.16 bits per heavy atom. The molecule has 0 aromatic heterocycles. The first kappa shape index (κ1) is 19.0. The van der Waals surface area contributed by atoms with Crippen LogP contribution < -0.4 is 10.3 Å². The molecule has 8 heteroatoms. The predicted octanol–water partition coefficient (Wildman–Crippen LogP) is 4.32. The van der Waals surface area contributed by atoms with E-state index in [0.717, 1.165) is 24.3 Å². The van der Waals surface area contributed by atoms with Crippen LogP contribution in [0.3, 0.4) is 0 Å². The van der Waals surface area contributed by atoms with E-state index in [1.807, 2.05) is 24.3 Å². The summed E-state index contributed by atoms with van der Waals surface area (Å²) in [5, 5.41) is 14.7. The second-order valence-electron chi connectivity index (χ2n) is 5.13. The van der Waals surface area contributed by atoms with E-state index in [0.29, 0.717) is 17.4 Å². The van der Waals surface area contributed by atoms with Crippen LogP contribution in [0.5, 0.6) is 0 Å². The molecule has 0 aliphatic rings. The van der Waals surface area contributed by atoms with E-state index in [1.165, 1.54) is 12.1 Å². The highest BCUT2D eigenvalue weighted by Gasteiger charge is 2.05. The zero-order valence-corrected chi connectivity index (χ0v) is 15.0. The van der Waals surface area contributed by atoms with Gasteiger partial charge in [-0.25, -0.2) is 0 Å². The van der Waals surface area contributed by atoms with E-state index in [1.54, 1.807) is 18.3 Å². The summed E-state index contributed by atoms with van der Waals surface area (Å²) in [6.07, 6.45) is 1.68. The zero-order chi connectivity index (χ0) is 18.1. The fourth-order valence-corrected chi connectivity index (χ4v) is 2.59. The molecule has 0 saturated carbocycles. The Hall–Kier alpha value is -2.31. The van der Waals surface area contributed by atoms with Crippen molar-refractivity contribution in [2.45, 2.75) is 0 Å². The van der Waals surface area contributed by atoms with Gasteiger partial charge in [0.1, 0.15) is 0 Å². The number of nitro groups is 1. The molecule has 2 aromatic rings. The van der Waals surface area contributed by atoms with Crippen molar-refractivity contribution in [1.29, 1.82) is 0 Å². The third kappa shape index (κ3) is 5.92. The molecule has 2 aromatic carbocycles. The SMILES string of the molecule is O=[N+]([O-])c1ccc(NN=Cc2ccc(N(CCCl)CCCl)cc2)cc1. The number of hydrazone groups is 1. The molecule has 0 atom stereocenters. The standard InChI is InChI=1S/C17H18Cl2N4O2/c18-9-11-22(12-10-19)16-5-1-14(2-6-16)13-20-21-15-3-7-17(8-4-15)23(24)25/h1-8,13,21H,9-12H2. The Kier molecular flexibility index (Phi) is 7.50. The van der Waals surface area contributed by atoms with Gasteiger partial charge in [0.25, 0.3) is 5.69 Å². The molecule has 0 heterocycles. The van der Waals surface area contributed by atoms with Crippen molar-refractivity contribution in [2.24, 2.45) is 5.10 Å². The lowest BCUT2D eigenvalue weighted by Gasteiger charge is -2.22. The van der Waals surface area contributed by atoms with Crippen molar-refractivity contribution < 1.29 is 4.92 Å². The van der Waals surface area contributed by atoms with Gasteiger partial charge in [-0.1, -0.05) is 12.1 Å². The number of rotatable bonds is 9. The minimum absolute atomic E-state index is 0.0450. The van der Waals surface area contributed by atoms with Crippen molar-refractivity contribution >= 4 is 46.5 Å². The Balaban J connectivity index is 1.95. The molecule has 0 bridgehead atoms. The van der Waals surface area contributed by atoms with Crippen LogP contribution in [-0.2, 0) is 0 Å². The second kappa shape index (κ2) is 9.86. The first-order valence-electron chi connectivity index (χ1n) is 7.64. The van der Waals surface area contributed by atoms with Gasteiger partial charge in [0, 0.05) is 42.7 Å². The first-order chi connectivity index (χ1) is 12.1. The topological polar surface area (TPSA) is 70.8 Å². The molecule has 6 nitrogen and oxygen atoms in total. The van der Waals surface area contributed by atoms with Crippen LogP contribution in [0.25, 0.3) is 0 Å². The number of nitrogens with zero attached hydrogens (tertiary/aromatic N) is 3. The number of alkyl halides is 2. The monoisotopic (exact) mass is 380 g/mol. The molecular weight excluding hydrogens is 363 g/mol. The number of nitro benzene ring substituents is 1. The maximum absolute atomic E-state index is 10.6. The van der Waals surface area contributed by atoms with Crippen LogP contribution in [0.2, 0.25) is 0 Å². The van der Waals surface area contributed by atoms with Gasteiger partial charge in [-0.15, -0.1) is 23.2 Å². The molecule has 132 valence electrons. The average Bonchev–Trinajstić information content (AvgIpc) is 2.62. The maximum Gasteiger partial charge on any atom is 0.269 e. The van der Waals surface area contributed by atoms with E-state index in [9.17, 15) is 10.1 Å². The van der Waals surface area contributed by atoms with Gasteiger partial charge in [0.2, 0.25) is 0 Å². The van der Waals surface area contributed by atoms with E-state index in [-0.39, 0.29) is 5.69 Å². The van der Waals surface area contributed by atoms with Gasteiger partial charge >= 0.3 is 0 Å². The fourth-order valence-electron chi connectivity index (χ4n) is 2.18. The highest BCUT2D eigenvalue weighted by Crippen LogP contribution is 2.16. The molecule has 0 radical (unpaired) electrons. The van der Waals surface area contributed by atoms with E-state index in [4.69, 9.17) is 23.2 Å². The molecule has 0 saturated heterocycles. The number of halogens is 2. The minimum atomic E-state index is -0.438. The Morgan fingerprint density at radius 1 is 1.04 bits per heavy atom. The molecule has 25 heavy (non-hydrogen) atoms. The van der Waals surface area contributed by atoms with Crippen LogP contribution in [0.1, 0.15) is 5.56 Å². The van der Waals surface area contributed by atoms with Crippen molar-refractivity contribution in [1.82, 2.24) is 0 Å². The van der Waals surface area contributed by atoms with Gasteiger partial charge < -0.3 is 4.90 Å². The zero-order valence-electron chi connectivity index (χ0n) is 13.4. The number of non-ortho nitro benzene ring substituents is 1. The lowest BCUT2D eigenvalue weighted by molar-refractivity contribution is -0.384. The van der Waals surface area contributed by atoms with Crippen molar-refractivity contribution in [3.63, 3.8) is 0 Å². The molecule has 0 fully saturated rings. The lowest BCUT2D eigenvalue weighted by atomic mass is 10.2. The smallest absolute Gasteiger partial charge is 0.269 e. The molecule has 0 aliphatic heterocycles. The van der Waals surface area contributed by atoms with Crippen LogP contribution >= 0.6 is 23.2 Å². The van der Waals surface area contributed by atoms with Crippen molar-refractivity contribution in [2.75, 3.05) is 35.2 Å². The molecular formula is C17H18Cl2N4O2. The quantitative estimate of drug-likeness (QED) is 0.304. The predicted molar refractivity (Wildman–Crippen MR) is 104 cm³/mol. The highest BCUT2D eigenvalue weighted by atomic mass is 35.5.